The van der Waals surface area contributed by atoms with Crippen molar-refractivity contribution >= 4 is 29.3 Å². The monoisotopic (exact) mass is 571 g/mol. The zero-order valence-corrected chi connectivity index (χ0v) is 25.6. The number of hydrogen-bond donors (Lipinski definition) is 2. The highest BCUT2D eigenvalue weighted by atomic mass is 19.1. The highest BCUT2D eigenvalue weighted by Gasteiger charge is 2.36. The fourth-order valence-corrected chi connectivity index (χ4v) is 4.29. The Morgan fingerprint density at radius 2 is 1.80 bits per heavy atom. The third kappa shape index (κ3) is 11.7. The number of H-pyrrole nitrogens is 1. The van der Waals surface area contributed by atoms with Gasteiger partial charge in [-0.3, -0.25) is 14.5 Å². The Morgan fingerprint density at radius 1 is 1.15 bits per heavy atom. The van der Waals surface area contributed by atoms with E-state index in [0.717, 1.165) is 16.5 Å². The first kappa shape index (κ1) is 35.3. The van der Waals surface area contributed by atoms with E-state index in [1.54, 1.807) is 6.07 Å². The molecule has 0 saturated carbocycles. The Morgan fingerprint density at radius 3 is 2.34 bits per heavy atom. The minimum Gasteiger partial charge on any atom is -0.462 e. The van der Waals surface area contributed by atoms with Gasteiger partial charge in [-0.25, -0.2) is 9.18 Å². The van der Waals surface area contributed by atoms with Gasteiger partial charge in [-0.15, -0.1) is 0 Å². The molecule has 9 heteroatoms. The second kappa shape index (κ2) is 17.9. The van der Waals surface area contributed by atoms with Crippen molar-refractivity contribution in [3.05, 3.63) is 71.7 Å². The highest BCUT2D eigenvalue weighted by Crippen LogP contribution is 2.33. The van der Waals surface area contributed by atoms with Crippen molar-refractivity contribution in [1.82, 2.24) is 15.2 Å². The van der Waals surface area contributed by atoms with E-state index in [-0.39, 0.29) is 35.8 Å². The molecule has 1 amide bonds. The summed E-state index contributed by atoms with van der Waals surface area (Å²) in [7, 11) is 1.91. The molecule has 2 atom stereocenters. The van der Waals surface area contributed by atoms with Crippen molar-refractivity contribution in [3.8, 4) is 0 Å². The molecule has 3 aromatic rings. The number of likely N-dealkylation sites (N-methyl/N-ethyl adjacent to an activating group) is 1. The lowest BCUT2D eigenvalue weighted by atomic mass is 9.89. The molecule has 1 fully saturated rings. The number of aromatic nitrogens is 1. The number of halogens is 1. The topological polar surface area (TPSA) is 101 Å². The molecule has 1 aromatic heterocycles. The number of nitrogens with zero attached hydrogens (tertiary/aromatic N) is 1. The largest absolute Gasteiger partial charge is 0.462 e. The van der Waals surface area contributed by atoms with E-state index in [9.17, 15) is 18.8 Å². The van der Waals surface area contributed by atoms with Gasteiger partial charge < -0.3 is 19.8 Å². The number of nitrogens with one attached hydrogen (secondary N) is 2. The SMILES string of the molecule is CC.CC.CC(C)(C)OC=O.CN1CC(=O)CC1[C@H](CNC(=O)OCc1ccccc1)c1c[nH]c2cc(F)ccc12. The van der Waals surface area contributed by atoms with Crippen molar-refractivity contribution < 1.29 is 28.2 Å². The van der Waals surface area contributed by atoms with E-state index < -0.39 is 6.09 Å². The number of alkyl carbamates (subject to hydrolysis) is 1. The van der Waals surface area contributed by atoms with Crippen molar-refractivity contribution in [2.45, 2.75) is 79.1 Å². The Kier molecular flexibility index (Phi) is 15.4. The zero-order valence-electron chi connectivity index (χ0n) is 25.6. The van der Waals surface area contributed by atoms with Crippen LogP contribution < -0.4 is 5.32 Å². The van der Waals surface area contributed by atoms with Crippen molar-refractivity contribution in [2.75, 3.05) is 20.1 Å². The normalized spacial score (nSPS) is 15.2. The van der Waals surface area contributed by atoms with Crippen LogP contribution in [-0.2, 0) is 25.7 Å². The lowest BCUT2D eigenvalue weighted by Gasteiger charge is -2.28. The molecule has 1 unspecified atom stereocenters. The van der Waals surface area contributed by atoms with Crippen LogP contribution >= 0.6 is 0 Å². The first-order valence-corrected chi connectivity index (χ1v) is 14.1. The molecular weight excluding hydrogens is 525 g/mol. The Labute approximate surface area is 243 Å². The summed E-state index contributed by atoms with van der Waals surface area (Å²) in [5.41, 5.74) is 2.22. The van der Waals surface area contributed by atoms with Crippen molar-refractivity contribution in [2.24, 2.45) is 0 Å². The molecule has 1 aliphatic heterocycles. The maximum atomic E-state index is 13.6. The number of likely N-dealkylation sites (tertiary alicyclic amines) is 1. The third-order valence-electron chi connectivity index (χ3n) is 6.05. The molecule has 0 spiro atoms. The lowest BCUT2D eigenvalue weighted by molar-refractivity contribution is -0.138. The van der Waals surface area contributed by atoms with Gasteiger partial charge in [-0.1, -0.05) is 58.0 Å². The second-order valence-corrected chi connectivity index (χ2v) is 10.0. The Balaban J connectivity index is 0.000000662. The molecule has 0 bridgehead atoms. The number of aromatic amines is 1. The molecule has 2 aromatic carbocycles. The molecule has 2 heterocycles. The molecule has 4 rings (SSSR count). The number of carbonyl (C=O) groups excluding carboxylic acids is 3. The summed E-state index contributed by atoms with van der Waals surface area (Å²) in [6, 6.07) is 14.0. The molecule has 8 nitrogen and oxygen atoms in total. The molecule has 1 aliphatic rings. The number of hydrogen-bond acceptors (Lipinski definition) is 6. The number of fused-ring (bicyclic) bond motifs is 1. The summed E-state index contributed by atoms with van der Waals surface area (Å²) < 4.78 is 23.5. The number of ketones is 1. The average Bonchev–Trinajstić information content (AvgIpc) is 3.52. The highest BCUT2D eigenvalue weighted by molar-refractivity contribution is 5.86. The fourth-order valence-electron chi connectivity index (χ4n) is 4.29. The van der Waals surface area contributed by atoms with Crippen LogP contribution in [0.1, 0.15) is 71.9 Å². The van der Waals surface area contributed by atoms with Crippen LogP contribution in [0, 0.1) is 5.82 Å². The third-order valence-corrected chi connectivity index (χ3v) is 6.05. The number of amides is 1. The van der Waals surface area contributed by atoms with Crippen LogP contribution in [-0.4, -0.2) is 60.0 Å². The van der Waals surface area contributed by atoms with Gasteiger partial charge in [0.25, 0.3) is 6.47 Å². The first-order chi connectivity index (χ1) is 19.6. The molecular formula is C32H46FN3O5. The van der Waals surface area contributed by atoms with E-state index >= 15 is 0 Å². The summed E-state index contributed by atoms with van der Waals surface area (Å²) in [6.07, 6.45) is 1.74. The van der Waals surface area contributed by atoms with Crippen LogP contribution in [0.25, 0.3) is 10.9 Å². The fraction of sp³-hybridized carbons (Fsp3) is 0.469. The van der Waals surface area contributed by atoms with E-state index in [4.69, 9.17) is 4.74 Å². The number of rotatable bonds is 7. The van der Waals surface area contributed by atoms with Gasteiger partial charge >= 0.3 is 6.09 Å². The van der Waals surface area contributed by atoms with Crippen molar-refractivity contribution in [3.63, 3.8) is 0 Å². The van der Waals surface area contributed by atoms with E-state index in [1.807, 2.05) is 96.9 Å². The van der Waals surface area contributed by atoms with Crippen LogP contribution in [0.2, 0.25) is 0 Å². The van der Waals surface area contributed by atoms with E-state index in [2.05, 4.69) is 15.0 Å². The van der Waals surface area contributed by atoms with E-state index in [1.165, 1.54) is 12.1 Å². The molecule has 41 heavy (non-hydrogen) atoms. The van der Waals surface area contributed by atoms with Gasteiger partial charge in [-0.2, -0.15) is 0 Å². The maximum absolute atomic E-state index is 13.6. The van der Waals surface area contributed by atoms with Crippen LogP contribution in [0.4, 0.5) is 9.18 Å². The van der Waals surface area contributed by atoms with Gasteiger partial charge in [0.1, 0.15) is 23.8 Å². The van der Waals surface area contributed by atoms with E-state index in [0.29, 0.717) is 31.5 Å². The smallest absolute Gasteiger partial charge is 0.407 e. The predicted octanol–water partition coefficient (Wildman–Crippen LogP) is 6.60. The number of benzene rings is 2. The number of carbonyl (C=O) groups is 3. The summed E-state index contributed by atoms with van der Waals surface area (Å²) in [4.78, 5) is 39.0. The van der Waals surface area contributed by atoms with Gasteiger partial charge in [0.05, 0.1) is 6.54 Å². The first-order valence-electron chi connectivity index (χ1n) is 14.1. The lowest BCUT2D eigenvalue weighted by Crippen LogP contribution is -2.38. The minimum atomic E-state index is -0.512. The number of ether oxygens (including phenoxy) is 2. The van der Waals surface area contributed by atoms with Crippen LogP contribution in [0.3, 0.4) is 0 Å². The quantitative estimate of drug-likeness (QED) is 0.310. The predicted molar refractivity (Wildman–Crippen MR) is 161 cm³/mol. The summed E-state index contributed by atoms with van der Waals surface area (Å²) >= 11 is 0. The molecule has 2 N–H and O–H groups in total. The number of Topliss-reactive ketones (excluding diaryl/α,β-unsaturated/α-hetero) is 1. The molecule has 1 saturated heterocycles. The van der Waals surface area contributed by atoms with Crippen LogP contribution in [0.5, 0.6) is 0 Å². The van der Waals surface area contributed by atoms with Gasteiger partial charge in [-0.05, 0) is 57.1 Å². The summed E-state index contributed by atoms with van der Waals surface area (Å²) in [6.45, 7) is 14.8. The second-order valence-electron chi connectivity index (χ2n) is 10.0. The average molecular weight is 572 g/mol. The summed E-state index contributed by atoms with van der Waals surface area (Å²) in [5.74, 6) is -0.293. The maximum Gasteiger partial charge on any atom is 0.407 e. The molecule has 0 aliphatic carbocycles. The van der Waals surface area contributed by atoms with Crippen molar-refractivity contribution in [1.29, 1.82) is 0 Å². The van der Waals surface area contributed by atoms with Gasteiger partial charge in [0.2, 0.25) is 0 Å². The van der Waals surface area contributed by atoms with Gasteiger partial charge in [0, 0.05) is 42.0 Å². The summed E-state index contributed by atoms with van der Waals surface area (Å²) in [5, 5.41) is 3.73. The zero-order chi connectivity index (χ0) is 31.0. The molecule has 226 valence electrons. The van der Waals surface area contributed by atoms with Crippen LogP contribution in [0.15, 0.2) is 54.7 Å². The Hall–Kier alpha value is -3.72. The molecule has 0 radical (unpaired) electrons. The van der Waals surface area contributed by atoms with Gasteiger partial charge in [0.15, 0.2) is 0 Å². The minimum absolute atomic E-state index is 0.0593. The Bertz CT molecular complexity index is 1210. The standard InChI is InChI=1S/C23H24FN3O3.C5H10O2.2C2H6/c1-27-13-17(28)10-22(27)20(19-11-25-21-9-16(24)7-8-18(19)21)12-26-23(29)30-14-15-5-3-2-4-6-15;1-5(2,3)7-4-6;2*1-2/h2-9,11,20,22,25H,10,12-14H2,1H3,(H,26,29);4H,1-3H3;2*1-2H3/t20-,22?;;;/m1.../s1.